The van der Waals surface area contributed by atoms with Crippen LogP contribution in [0.3, 0.4) is 0 Å². The van der Waals surface area contributed by atoms with Crippen LogP contribution in [0.15, 0.2) is 60.7 Å². The summed E-state index contributed by atoms with van der Waals surface area (Å²) in [7, 11) is 0. The quantitative estimate of drug-likeness (QED) is 0.0748. The Hall–Kier alpha value is -4.59. The van der Waals surface area contributed by atoms with E-state index in [0.717, 1.165) is 11.1 Å². The lowest BCUT2D eigenvalue weighted by Gasteiger charge is -2.26. The monoisotopic (exact) mass is 699 g/mol. The van der Waals surface area contributed by atoms with Crippen molar-refractivity contribution in [2.24, 2.45) is 5.92 Å². The number of alkyl carbamates (subject to hydrolysis) is 1. The number of ether oxygens (including phenoxy) is 1. The van der Waals surface area contributed by atoms with Gasteiger partial charge in [0.2, 0.25) is 24.1 Å². The van der Waals surface area contributed by atoms with E-state index in [1.54, 1.807) is 24.3 Å². The van der Waals surface area contributed by atoms with Crippen molar-refractivity contribution >= 4 is 48.0 Å². The molecule has 14 heteroatoms. The second-order valence-corrected chi connectivity index (χ2v) is 12.9. The molecule has 5 amide bonds. The van der Waals surface area contributed by atoms with Gasteiger partial charge in [-0.25, -0.2) is 9.59 Å². The molecule has 0 saturated carbocycles. The number of unbranched alkanes of at least 4 members (excludes halogenated alkanes) is 1. The molecule has 6 N–H and O–H groups in total. The number of nitrogens with one attached hydrogen (secondary N) is 5. The summed E-state index contributed by atoms with van der Waals surface area (Å²) in [5.74, 6) is -2.44. The van der Waals surface area contributed by atoms with E-state index in [0.29, 0.717) is 31.4 Å². The lowest BCUT2D eigenvalue weighted by atomic mass is 10.00. The fourth-order valence-corrected chi connectivity index (χ4v) is 5.35. The number of carboxylic acids is 1. The Morgan fingerprint density at radius 2 is 1.35 bits per heavy atom. The summed E-state index contributed by atoms with van der Waals surface area (Å²) in [6.07, 6.45) is 3.34. The van der Waals surface area contributed by atoms with Crippen LogP contribution in [0.25, 0.3) is 0 Å². The van der Waals surface area contributed by atoms with Gasteiger partial charge in [0.1, 0.15) is 30.8 Å². The van der Waals surface area contributed by atoms with Crippen molar-refractivity contribution in [3.8, 4) is 0 Å². The zero-order valence-corrected chi connectivity index (χ0v) is 29.1. The smallest absolute Gasteiger partial charge is 0.407 e. The summed E-state index contributed by atoms with van der Waals surface area (Å²) in [4.78, 5) is 75.4. The molecule has 49 heavy (non-hydrogen) atoms. The van der Waals surface area contributed by atoms with Crippen molar-refractivity contribution in [2.75, 3.05) is 18.6 Å². The fourth-order valence-electron chi connectivity index (χ4n) is 4.88. The topological polar surface area (TPSA) is 192 Å². The second-order valence-electron chi connectivity index (χ2n) is 11.9. The summed E-state index contributed by atoms with van der Waals surface area (Å²) in [5, 5.41) is 23.0. The summed E-state index contributed by atoms with van der Waals surface area (Å²) >= 11 is 1.51. The molecule has 2 aromatic rings. The Balaban J connectivity index is 2.04. The number of hydrogen-bond acceptors (Lipinski definition) is 8. The predicted octanol–water partition coefficient (Wildman–Crippen LogP) is 2.78. The van der Waals surface area contributed by atoms with Gasteiger partial charge in [0, 0.05) is 13.0 Å². The third-order valence-electron chi connectivity index (χ3n) is 7.47. The zero-order valence-electron chi connectivity index (χ0n) is 28.3. The molecule has 13 nitrogen and oxygen atoms in total. The van der Waals surface area contributed by atoms with Gasteiger partial charge in [-0.1, -0.05) is 74.5 Å². The van der Waals surface area contributed by atoms with Crippen molar-refractivity contribution in [2.45, 2.75) is 83.1 Å². The van der Waals surface area contributed by atoms with Gasteiger partial charge in [-0.3, -0.25) is 19.2 Å². The molecule has 2 aromatic carbocycles. The van der Waals surface area contributed by atoms with Gasteiger partial charge in [0.25, 0.3) is 0 Å². The molecular weight excluding hydrogens is 650 g/mol. The number of amides is 5. The Bertz CT molecular complexity index is 1330. The average Bonchev–Trinajstić information content (AvgIpc) is 3.08. The third-order valence-corrected chi connectivity index (χ3v) is 8.11. The lowest BCUT2D eigenvalue weighted by molar-refractivity contribution is -0.142. The Morgan fingerprint density at radius 1 is 0.776 bits per heavy atom. The molecule has 0 saturated heterocycles. The minimum Gasteiger partial charge on any atom is -0.480 e. The second kappa shape index (κ2) is 22.9. The Labute approximate surface area is 292 Å². The van der Waals surface area contributed by atoms with Gasteiger partial charge < -0.3 is 36.4 Å². The first-order chi connectivity index (χ1) is 23.5. The van der Waals surface area contributed by atoms with Gasteiger partial charge in [-0.05, 0) is 61.2 Å². The van der Waals surface area contributed by atoms with Gasteiger partial charge in [0.05, 0.1) is 0 Å². The van der Waals surface area contributed by atoms with Crippen LogP contribution in [0, 0.1) is 5.92 Å². The highest BCUT2D eigenvalue weighted by molar-refractivity contribution is 7.98. The Morgan fingerprint density at radius 3 is 1.94 bits per heavy atom. The first kappa shape index (κ1) is 40.6. The van der Waals surface area contributed by atoms with E-state index in [-0.39, 0.29) is 38.3 Å². The minimum absolute atomic E-state index is 0.00211. The van der Waals surface area contributed by atoms with E-state index in [1.165, 1.54) is 11.8 Å². The minimum atomic E-state index is -1.24. The summed E-state index contributed by atoms with van der Waals surface area (Å²) in [6, 6.07) is 13.9. The van der Waals surface area contributed by atoms with Crippen LogP contribution in [0.2, 0.25) is 0 Å². The predicted molar refractivity (Wildman–Crippen MR) is 187 cm³/mol. The number of carboxylic acid groups (broad SMARTS) is 1. The van der Waals surface area contributed by atoms with E-state index in [2.05, 4.69) is 26.6 Å². The highest BCUT2D eigenvalue weighted by Gasteiger charge is 2.31. The fraction of sp³-hybridized carbons (Fsp3) is 0.486. The highest BCUT2D eigenvalue weighted by Crippen LogP contribution is 2.11. The van der Waals surface area contributed by atoms with Crippen LogP contribution in [-0.4, -0.2) is 84.0 Å². The molecule has 0 radical (unpaired) electrons. The van der Waals surface area contributed by atoms with E-state index in [4.69, 9.17) is 4.74 Å². The molecule has 0 aliphatic carbocycles. The van der Waals surface area contributed by atoms with Crippen LogP contribution in [0.5, 0.6) is 0 Å². The van der Waals surface area contributed by atoms with Crippen molar-refractivity contribution < 1.29 is 38.6 Å². The van der Waals surface area contributed by atoms with Gasteiger partial charge >= 0.3 is 12.1 Å². The van der Waals surface area contributed by atoms with E-state index >= 15 is 0 Å². The Kier molecular flexibility index (Phi) is 19.0. The first-order valence-electron chi connectivity index (χ1n) is 16.3. The highest BCUT2D eigenvalue weighted by atomic mass is 32.2. The van der Waals surface area contributed by atoms with Gasteiger partial charge in [0.15, 0.2) is 0 Å². The number of hydrogen-bond donors (Lipinski definition) is 6. The van der Waals surface area contributed by atoms with Crippen LogP contribution in [0.1, 0.15) is 57.1 Å². The van der Waals surface area contributed by atoms with Crippen LogP contribution in [0.4, 0.5) is 4.79 Å². The lowest BCUT2D eigenvalue weighted by Crippen LogP contribution is -2.58. The SMILES string of the molecule is CSCCC(NC=O)C(=O)NC(CC(C)C)C(=O)NC(Cc1ccccc1)C(=O)NC(CCCCNC(=O)OCc1ccccc1)C(=O)O. The van der Waals surface area contributed by atoms with E-state index in [9.17, 15) is 33.9 Å². The van der Waals surface area contributed by atoms with Gasteiger partial charge in [-0.15, -0.1) is 0 Å². The number of thioether (sulfide) groups is 1. The number of rotatable bonds is 23. The molecule has 268 valence electrons. The maximum Gasteiger partial charge on any atom is 0.407 e. The molecule has 0 fully saturated rings. The van der Waals surface area contributed by atoms with E-state index < -0.39 is 54.0 Å². The number of carbonyl (C=O) groups is 6. The number of carbonyl (C=O) groups excluding carboxylic acids is 5. The third kappa shape index (κ3) is 16.4. The number of aliphatic carboxylic acids is 1. The average molecular weight is 700 g/mol. The van der Waals surface area contributed by atoms with Crippen molar-refractivity contribution in [3.63, 3.8) is 0 Å². The molecule has 0 aromatic heterocycles. The van der Waals surface area contributed by atoms with Crippen molar-refractivity contribution in [1.29, 1.82) is 0 Å². The summed E-state index contributed by atoms with van der Waals surface area (Å²) < 4.78 is 5.17. The van der Waals surface area contributed by atoms with E-state index in [1.807, 2.05) is 56.5 Å². The van der Waals surface area contributed by atoms with Gasteiger partial charge in [-0.2, -0.15) is 11.8 Å². The standard InChI is InChI=1S/C35H49N5O8S/c1-24(2)20-29(39-31(42)27(37-23-41)17-19-49-3)32(43)40-30(21-25-12-6-4-7-13-25)33(44)38-28(34(45)46)16-10-11-18-36-35(47)48-22-26-14-8-5-9-15-26/h4-9,12-15,23-24,27-30H,10-11,16-22H2,1-3H3,(H,36,47)(H,37,41)(H,38,44)(H,39,42)(H,40,43)(H,45,46). The molecule has 4 atom stereocenters. The molecule has 0 heterocycles. The molecule has 0 aliphatic rings. The molecule has 0 spiro atoms. The first-order valence-corrected chi connectivity index (χ1v) is 17.7. The van der Waals surface area contributed by atoms with Crippen LogP contribution < -0.4 is 26.6 Å². The van der Waals surface area contributed by atoms with Crippen molar-refractivity contribution in [1.82, 2.24) is 26.6 Å². The number of benzene rings is 2. The largest absolute Gasteiger partial charge is 0.480 e. The summed E-state index contributed by atoms with van der Waals surface area (Å²) in [6.45, 7) is 4.15. The normalized spacial score (nSPS) is 13.2. The van der Waals surface area contributed by atoms with Crippen LogP contribution in [-0.2, 0) is 41.7 Å². The van der Waals surface area contributed by atoms with Crippen LogP contribution >= 0.6 is 11.8 Å². The molecule has 2 rings (SSSR count). The molecule has 0 aliphatic heterocycles. The van der Waals surface area contributed by atoms with Crippen molar-refractivity contribution in [3.05, 3.63) is 71.8 Å². The maximum atomic E-state index is 13.6. The zero-order chi connectivity index (χ0) is 36.0. The maximum absolute atomic E-state index is 13.6. The summed E-state index contributed by atoms with van der Waals surface area (Å²) in [5.41, 5.74) is 1.58. The molecular formula is C35H49N5O8S. The molecule has 0 bridgehead atoms. The molecule has 4 unspecified atom stereocenters.